The maximum Gasteiger partial charge on any atom is 0.227 e. The van der Waals surface area contributed by atoms with Crippen molar-refractivity contribution in [2.24, 2.45) is 0 Å². The van der Waals surface area contributed by atoms with E-state index in [1.54, 1.807) is 12.4 Å². The molecular formula is C25H25F2N3O2. The number of ether oxygens (including phenoxy) is 1. The van der Waals surface area contributed by atoms with Crippen LogP contribution in [-0.2, 0) is 24.4 Å². The van der Waals surface area contributed by atoms with Gasteiger partial charge in [-0.1, -0.05) is 18.2 Å². The van der Waals surface area contributed by atoms with Gasteiger partial charge >= 0.3 is 0 Å². The highest BCUT2D eigenvalue weighted by molar-refractivity contribution is 5.78. The normalized spacial score (nSPS) is 14.4. The van der Waals surface area contributed by atoms with Crippen molar-refractivity contribution in [3.63, 3.8) is 0 Å². The van der Waals surface area contributed by atoms with Crippen LogP contribution in [0.25, 0.3) is 0 Å². The number of carbonyl (C=O) groups excluding carboxylic acids is 1. The number of hydrogen-bond acceptors (Lipinski definition) is 4. The van der Waals surface area contributed by atoms with E-state index in [0.717, 1.165) is 36.8 Å². The van der Waals surface area contributed by atoms with Crippen molar-refractivity contribution in [2.45, 2.75) is 19.6 Å². The van der Waals surface area contributed by atoms with E-state index >= 15 is 0 Å². The van der Waals surface area contributed by atoms with Gasteiger partial charge in [-0.15, -0.1) is 0 Å². The summed E-state index contributed by atoms with van der Waals surface area (Å²) >= 11 is 0. The van der Waals surface area contributed by atoms with E-state index in [1.807, 2.05) is 41.3 Å². The van der Waals surface area contributed by atoms with Crippen molar-refractivity contribution in [1.29, 1.82) is 0 Å². The highest BCUT2D eigenvalue weighted by atomic mass is 19.1. The summed E-state index contributed by atoms with van der Waals surface area (Å²) in [5.74, 6) is -0.457. The number of halogens is 2. The summed E-state index contributed by atoms with van der Waals surface area (Å²) in [5.41, 5.74) is 2.32. The molecule has 1 aliphatic rings. The zero-order valence-corrected chi connectivity index (χ0v) is 17.7. The van der Waals surface area contributed by atoms with Crippen LogP contribution in [0.5, 0.6) is 5.75 Å². The molecule has 0 saturated carbocycles. The predicted molar refractivity (Wildman–Crippen MR) is 117 cm³/mol. The van der Waals surface area contributed by atoms with E-state index in [4.69, 9.17) is 4.74 Å². The average Bonchev–Trinajstić information content (AvgIpc) is 2.80. The lowest BCUT2D eigenvalue weighted by atomic mass is 10.1. The zero-order valence-electron chi connectivity index (χ0n) is 17.7. The Bertz CT molecular complexity index is 1050. The summed E-state index contributed by atoms with van der Waals surface area (Å²) < 4.78 is 32.5. The fourth-order valence-electron chi connectivity index (χ4n) is 3.74. The minimum Gasteiger partial charge on any atom is -0.489 e. The first-order valence-electron chi connectivity index (χ1n) is 10.6. The molecule has 0 radical (unpaired) electrons. The number of benzene rings is 2. The highest BCUT2D eigenvalue weighted by Gasteiger charge is 2.21. The van der Waals surface area contributed by atoms with Crippen molar-refractivity contribution < 1.29 is 18.3 Å². The summed E-state index contributed by atoms with van der Waals surface area (Å²) in [6.07, 6.45) is 3.81. The minimum absolute atomic E-state index is 0.0350. The molecule has 2 aromatic carbocycles. The maximum atomic E-state index is 13.8. The Labute approximate surface area is 186 Å². The Kier molecular flexibility index (Phi) is 7.07. The van der Waals surface area contributed by atoms with E-state index in [-0.39, 0.29) is 12.5 Å². The van der Waals surface area contributed by atoms with Crippen LogP contribution < -0.4 is 4.74 Å². The Balaban J connectivity index is 1.26. The lowest BCUT2D eigenvalue weighted by Crippen LogP contribution is -2.48. The Hall–Kier alpha value is -3.32. The van der Waals surface area contributed by atoms with Crippen molar-refractivity contribution >= 4 is 5.91 Å². The fourth-order valence-corrected chi connectivity index (χ4v) is 3.74. The zero-order chi connectivity index (χ0) is 22.3. The van der Waals surface area contributed by atoms with Crippen LogP contribution in [0.15, 0.2) is 67.0 Å². The van der Waals surface area contributed by atoms with Crippen LogP contribution >= 0.6 is 0 Å². The first-order chi connectivity index (χ1) is 15.6. The molecule has 3 aromatic rings. The Morgan fingerprint density at radius 2 is 1.78 bits per heavy atom. The van der Waals surface area contributed by atoms with Crippen molar-refractivity contribution in [3.8, 4) is 5.75 Å². The van der Waals surface area contributed by atoms with Gasteiger partial charge in [0.1, 0.15) is 24.0 Å². The number of carbonyl (C=O) groups is 1. The van der Waals surface area contributed by atoms with Gasteiger partial charge in [0.05, 0.1) is 6.42 Å². The van der Waals surface area contributed by atoms with E-state index in [9.17, 15) is 13.6 Å². The second-order valence-corrected chi connectivity index (χ2v) is 7.87. The molecule has 0 N–H and O–H groups in total. The monoisotopic (exact) mass is 437 g/mol. The summed E-state index contributed by atoms with van der Waals surface area (Å²) in [7, 11) is 0. The second-order valence-electron chi connectivity index (χ2n) is 7.87. The van der Waals surface area contributed by atoms with Crippen LogP contribution in [0.4, 0.5) is 8.78 Å². The third kappa shape index (κ3) is 5.88. The topological polar surface area (TPSA) is 45.7 Å². The molecule has 2 heterocycles. The Morgan fingerprint density at radius 1 is 0.969 bits per heavy atom. The van der Waals surface area contributed by atoms with Crippen LogP contribution in [0.1, 0.15) is 16.7 Å². The van der Waals surface area contributed by atoms with Gasteiger partial charge < -0.3 is 9.64 Å². The third-order valence-corrected chi connectivity index (χ3v) is 5.52. The van der Waals surface area contributed by atoms with Crippen LogP contribution in [0.3, 0.4) is 0 Å². The molecule has 0 bridgehead atoms. The fraction of sp³-hybridized carbons (Fsp3) is 0.280. The molecule has 0 spiro atoms. The molecule has 5 nitrogen and oxygen atoms in total. The van der Waals surface area contributed by atoms with E-state index < -0.39 is 11.6 Å². The molecule has 0 aliphatic carbocycles. The van der Waals surface area contributed by atoms with E-state index in [2.05, 4.69) is 9.88 Å². The van der Waals surface area contributed by atoms with E-state index in [0.29, 0.717) is 30.8 Å². The lowest BCUT2D eigenvalue weighted by Gasteiger charge is -2.34. The summed E-state index contributed by atoms with van der Waals surface area (Å²) in [6, 6.07) is 14.9. The van der Waals surface area contributed by atoms with Gasteiger partial charge in [-0.25, -0.2) is 8.78 Å². The van der Waals surface area contributed by atoms with Crippen LogP contribution in [0.2, 0.25) is 0 Å². The van der Waals surface area contributed by atoms with Gasteiger partial charge in [-0.05, 0) is 41.5 Å². The molecule has 0 atom stereocenters. The number of hydrogen-bond donors (Lipinski definition) is 0. The van der Waals surface area contributed by atoms with Gasteiger partial charge in [0.15, 0.2) is 0 Å². The summed E-state index contributed by atoms with van der Waals surface area (Å²) in [5, 5.41) is 0. The molecule has 166 valence electrons. The summed E-state index contributed by atoms with van der Waals surface area (Å²) in [6.45, 7) is 3.76. The molecule has 1 fully saturated rings. The molecule has 4 rings (SSSR count). The molecule has 32 heavy (non-hydrogen) atoms. The van der Waals surface area contributed by atoms with Gasteiger partial charge in [0.25, 0.3) is 0 Å². The number of rotatable bonds is 7. The molecule has 1 aromatic heterocycles. The van der Waals surface area contributed by atoms with Gasteiger partial charge in [-0.3, -0.25) is 14.7 Å². The highest BCUT2D eigenvalue weighted by Crippen LogP contribution is 2.19. The molecular weight excluding hydrogens is 412 g/mol. The predicted octanol–water partition coefficient (Wildman–Crippen LogP) is 3.83. The number of aromatic nitrogens is 1. The average molecular weight is 437 g/mol. The smallest absolute Gasteiger partial charge is 0.227 e. The molecule has 0 unspecified atom stereocenters. The molecule has 1 aliphatic heterocycles. The second kappa shape index (κ2) is 10.3. The van der Waals surface area contributed by atoms with Gasteiger partial charge in [0, 0.05) is 56.7 Å². The first-order valence-corrected chi connectivity index (χ1v) is 10.6. The van der Waals surface area contributed by atoms with Gasteiger partial charge in [-0.2, -0.15) is 0 Å². The van der Waals surface area contributed by atoms with Crippen LogP contribution in [0, 0.1) is 11.6 Å². The molecule has 1 saturated heterocycles. The van der Waals surface area contributed by atoms with E-state index in [1.165, 1.54) is 12.1 Å². The SMILES string of the molecule is O=C(Cc1cccnc1)N1CCN(Cc2cccc(OCc3ccc(F)cc3F)c2)CC1. The number of pyridine rings is 1. The minimum atomic E-state index is -0.614. The third-order valence-electron chi connectivity index (χ3n) is 5.52. The number of piperazine rings is 1. The van der Waals surface area contributed by atoms with Gasteiger partial charge in [0.2, 0.25) is 5.91 Å². The lowest BCUT2D eigenvalue weighted by molar-refractivity contribution is -0.132. The van der Waals surface area contributed by atoms with Crippen molar-refractivity contribution in [3.05, 3.63) is 95.3 Å². The molecule has 1 amide bonds. The maximum absolute atomic E-state index is 13.8. The van der Waals surface area contributed by atoms with Crippen molar-refractivity contribution in [1.82, 2.24) is 14.8 Å². The standard InChI is InChI=1S/C25H25F2N3O2/c26-22-7-6-21(24(27)15-22)18-32-23-5-1-3-20(13-23)17-29-9-11-30(12-10-29)25(31)14-19-4-2-8-28-16-19/h1-8,13,15-16H,9-12,14,17-18H2. The quantitative estimate of drug-likeness (QED) is 0.564. The number of nitrogens with zero attached hydrogens (tertiary/aromatic N) is 3. The summed E-state index contributed by atoms with van der Waals surface area (Å²) in [4.78, 5) is 20.8. The Morgan fingerprint density at radius 3 is 2.53 bits per heavy atom. The molecule has 7 heteroatoms. The number of amides is 1. The largest absolute Gasteiger partial charge is 0.489 e. The van der Waals surface area contributed by atoms with Crippen molar-refractivity contribution in [2.75, 3.05) is 26.2 Å². The first kappa shape index (κ1) is 21.9. The van der Waals surface area contributed by atoms with Crippen LogP contribution in [-0.4, -0.2) is 46.9 Å².